The number of benzene rings is 2. The van der Waals surface area contributed by atoms with Gasteiger partial charge in [-0.15, -0.1) is 0 Å². The van der Waals surface area contributed by atoms with Gasteiger partial charge in [0.15, 0.2) is 0 Å². The molecule has 3 N–H and O–H groups in total. The number of nitrogens with one attached hydrogen (secondary N) is 3. The second-order valence-electron chi connectivity index (χ2n) is 9.24. The Morgan fingerprint density at radius 3 is 2.50 bits per heavy atom. The van der Waals surface area contributed by atoms with Gasteiger partial charge in [-0.2, -0.15) is 0 Å². The summed E-state index contributed by atoms with van der Waals surface area (Å²) < 4.78 is 11.3. The van der Waals surface area contributed by atoms with Crippen LogP contribution in [0.5, 0.6) is 5.75 Å². The number of carbonyl (C=O) groups excluding carboxylic acids is 2. The minimum atomic E-state index is -0.172. The molecule has 2 fully saturated rings. The number of nitrogens with zero attached hydrogens (tertiary/aromatic N) is 2. The average Bonchev–Trinajstić information content (AvgIpc) is 2.90. The van der Waals surface area contributed by atoms with Crippen LogP contribution >= 0.6 is 0 Å². The Labute approximate surface area is 213 Å². The highest BCUT2D eigenvalue weighted by molar-refractivity contribution is 5.92. The molecule has 2 aromatic rings. The van der Waals surface area contributed by atoms with Crippen LogP contribution in [0.25, 0.3) is 0 Å². The molecular formula is C27H37N5O4. The molecule has 36 heavy (non-hydrogen) atoms. The molecule has 0 aromatic heterocycles. The van der Waals surface area contributed by atoms with Gasteiger partial charge in [0.2, 0.25) is 5.91 Å². The maximum absolute atomic E-state index is 12.4. The van der Waals surface area contributed by atoms with Gasteiger partial charge in [-0.25, -0.2) is 4.79 Å². The lowest BCUT2D eigenvalue weighted by Gasteiger charge is -2.31. The fourth-order valence-corrected chi connectivity index (χ4v) is 4.44. The minimum absolute atomic E-state index is 0.0161. The summed E-state index contributed by atoms with van der Waals surface area (Å²) in [5.74, 6) is 0.796. The molecule has 0 unspecified atom stereocenters. The van der Waals surface area contributed by atoms with Gasteiger partial charge in [0.25, 0.3) is 0 Å². The van der Waals surface area contributed by atoms with Gasteiger partial charge in [-0.05, 0) is 42.7 Å². The summed E-state index contributed by atoms with van der Waals surface area (Å²) in [5.41, 5.74) is 1.80. The number of likely N-dealkylation sites (tertiary alicyclic amines) is 1. The Kier molecular flexibility index (Phi) is 9.96. The Hall–Kier alpha value is -3.14. The number of morpholine rings is 1. The van der Waals surface area contributed by atoms with Gasteiger partial charge in [0, 0.05) is 51.0 Å². The average molecular weight is 496 g/mol. The first kappa shape index (κ1) is 25.9. The van der Waals surface area contributed by atoms with Crippen molar-refractivity contribution in [3.05, 3.63) is 60.2 Å². The normalized spacial score (nSPS) is 17.3. The van der Waals surface area contributed by atoms with Crippen LogP contribution in [-0.4, -0.2) is 86.9 Å². The summed E-state index contributed by atoms with van der Waals surface area (Å²) in [6.45, 7) is 7.32. The van der Waals surface area contributed by atoms with Gasteiger partial charge < -0.3 is 25.4 Å². The van der Waals surface area contributed by atoms with Crippen LogP contribution in [0.4, 0.5) is 10.5 Å². The summed E-state index contributed by atoms with van der Waals surface area (Å²) in [6, 6.07) is 17.2. The van der Waals surface area contributed by atoms with Crippen LogP contribution in [0.1, 0.15) is 18.4 Å². The van der Waals surface area contributed by atoms with Crippen LogP contribution < -0.4 is 20.7 Å². The SMILES string of the molecule is O=C(CN1CCC(NC(=O)NCc2cccc(OCCN3CCOCC3)c2)CC1)Nc1ccccc1. The Bertz CT molecular complexity index is 960. The maximum Gasteiger partial charge on any atom is 0.315 e. The second-order valence-corrected chi connectivity index (χ2v) is 9.24. The second kappa shape index (κ2) is 13.8. The van der Waals surface area contributed by atoms with Crippen molar-refractivity contribution in [2.75, 3.05) is 64.4 Å². The van der Waals surface area contributed by atoms with Crippen molar-refractivity contribution >= 4 is 17.6 Å². The van der Waals surface area contributed by atoms with Gasteiger partial charge in [-0.1, -0.05) is 30.3 Å². The summed E-state index contributed by atoms with van der Waals surface area (Å²) in [5, 5.41) is 8.93. The van der Waals surface area contributed by atoms with Crippen LogP contribution in [0, 0.1) is 0 Å². The van der Waals surface area contributed by atoms with E-state index in [1.54, 1.807) is 0 Å². The lowest BCUT2D eigenvalue weighted by molar-refractivity contribution is -0.117. The summed E-state index contributed by atoms with van der Waals surface area (Å²) >= 11 is 0. The van der Waals surface area contributed by atoms with E-state index in [0.29, 0.717) is 19.7 Å². The fraction of sp³-hybridized carbons (Fsp3) is 0.481. The number of amides is 3. The van der Waals surface area contributed by atoms with Gasteiger partial charge in [0.1, 0.15) is 12.4 Å². The van der Waals surface area contributed by atoms with Crippen molar-refractivity contribution in [1.82, 2.24) is 20.4 Å². The first-order valence-electron chi connectivity index (χ1n) is 12.8. The number of ether oxygens (including phenoxy) is 2. The van der Waals surface area contributed by atoms with E-state index < -0.39 is 0 Å². The van der Waals surface area contributed by atoms with Crippen LogP contribution in [-0.2, 0) is 16.1 Å². The lowest BCUT2D eigenvalue weighted by Crippen LogP contribution is -2.48. The molecule has 0 atom stereocenters. The fourth-order valence-electron chi connectivity index (χ4n) is 4.44. The highest BCUT2D eigenvalue weighted by atomic mass is 16.5. The van der Waals surface area contributed by atoms with Crippen molar-refractivity contribution in [3.63, 3.8) is 0 Å². The molecular weight excluding hydrogens is 458 g/mol. The minimum Gasteiger partial charge on any atom is -0.492 e. The van der Waals surface area contributed by atoms with Crippen LogP contribution in [0.15, 0.2) is 54.6 Å². The Morgan fingerprint density at radius 2 is 1.72 bits per heavy atom. The van der Waals surface area contributed by atoms with Gasteiger partial charge in [0.05, 0.1) is 19.8 Å². The van der Waals surface area contributed by atoms with E-state index in [1.807, 2.05) is 54.6 Å². The molecule has 9 heteroatoms. The zero-order valence-corrected chi connectivity index (χ0v) is 20.8. The third-order valence-electron chi connectivity index (χ3n) is 6.48. The standard InChI is InChI=1S/C27H37N5O4/c33-26(29-23-6-2-1-3-7-23)21-32-11-9-24(10-12-32)30-27(34)28-20-22-5-4-8-25(19-22)36-18-15-31-13-16-35-17-14-31/h1-8,19,24H,9-18,20-21H2,(H,29,33)(H2,28,30,34). The topological polar surface area (TPSA) is 95.2 Å². The first-order chi connectivity index (χ1) is 17.6. The number of anilines is 1. The molecule has 2 saturated heterocycles. The first-order valence-corrected chi connectivity index (χ1v) is 12.8. The third-order valence-corrected chi connectivity index (χ3v) is 6.48. The number of hydrogen-bond acceptors (Lipinski definition) is 6. The largest absolute Gasteiger partial charge is 0.492 e. The van der Waals surface area contributed by atoms with E-state index in [1.165, 1.54) is 0 Å². The molecule has 9 nitrogen and oxygen atoms in total. The molecule has 0 aliphatic carbocycles. The molecule has 2 aromatic carbocycles. The smallest absolute Gasteiger partial charge is 0.315 e. The van der Waals surface area contributed by atoms with E-state index in [2.05, 4.69) is 25.8 Å². The molecule has 3 amide bonds. The van der Waals surface area contributed by atoms with E-state index in [4.69, 9.17) is 9.47 Å². The van der Waals surface area contributed by atoms with Crippen molar-refractivity contribution in [2.24, 2.45) is 0 Å². The molecule has 0 radical (unpaired) electrons. The van der Waals surface area contributed by atoms with E-state index in [0.717, 1.165) is 75.8 Å². The van der Waals surface area contributed by atoms with Gasteiger partial charge >= 0.3 is 6.03 Å². The van der Waals surface area contributed by atoms with Gasteiger partial charge in [-0.3, -0.25) is 14.6 Å². The van der Waals surface area contributed by atoms with E-state index in [9.17, 15) is 9.59 Å². The highest BCUT2D eigenvalue weighted by Crippen LogP contribution is 2.14. The predicted molar refractivity (Wildman–Crippen MR) is 139 cm³/mol. The number of rotatable bonds is 10. The van der Waals surface area contributed by atoms with Crippen molar-refractivity contribution in [2.45, 2.75) is 25.4 Å². The molecule has 2 heterocycles. The van der Waals surface area contributed by atoms with E-state index >= 15 is 0 Å². The number of carbonyl (C=O) groups is 2. The molecule has 4 rings (SSSR count). The van der Waals surface area contributed by atoms with Crippen molar-refractivity contribution in [1.29, 1.82) is 0 Å². The summed E-state index contributed by atoms with van der Waals surface area (Å²) in [6.07, 6.45) is 1.64. The molecule has 2 aliphatic heterocycles. The number of piperidine rings is 1. The quantitative estimate of drug-likeness (QED) is 0.468. The van der Waals surface area contributed by atoms with Crippen molar-refractivity contribution < 1.29 is 19.1 Å². The number of urea groups is 1. The Balaban J connectivity index is 1.10. The van der Waals surface area contributed by atoms with Crippen molar-refractivity contribution in [3.8, 4) is 5.75 Å². The van der Waals surface area contributed by atoms with E-state index in [-0.39, 0.29) is 18.0 Å². The zero-order chi connectivity index (χ0) is 25.0. The number of hydrogen-bond donors (Lipinski definition) is 3. The maximum atomic E-state index is 12.4. The monoisotopic (exact) mass is 495 g/mol. The summed E-state index contributed by atoms with van der Waals surface area (Å²) in [4.78, 5) is 29.2. The number of para-hydroxylation sites is 1. The molecule has 0 bridgehead atoms. The molecule has 0 saturated carbocycles. The highest BCUT2D eigenvalue weighted by Gasteiger charge is 2.22. The zero-order valence-electron chi connectivity index (χ0n) is 20.8. The summed E-state index contributed by atoms with van der Waals surface area (Å²) in [7, 11) is 0. The molecule has 2 aliphatic rings. The Morgan fingerprint density at radius 1 is 0.944 bits per heavy atom. The van der Waals surface area contributed by atoms with Crippen LogP contribution in [0.2, 0.25) is 0 Å². The molecule has 0 spiro atoms. The molecule has 194 valence electrons. The predicted octanol–water partition coefficient (Wildman–Crippen LogP) is 2.30. The lowest BCUT2D eigenvalue weighted by atomic mass is 10.1. The third kappa shape index (κ3) is 8.82. The van der Waals surface area contributed by atoms with Crippen LogP contribution in [0.3, 0.4) is 0 Å².